The molecule has 1 aromatic rings. The zero-order chi connectivity index (χ0) is 10.4. The first-order chi connectivity index (χ1) is 6.72. The second-order valence-electron chi connectivity index (χ2n) is 3.08. The van der Waals surface area contributed by atoms with E-state index in [9.17, 15) is 0 Å². The van der Waals surface area contributed by atoms with E-state index in [1.165, 1.54) is 10.5 Å². The highest BCUT2D eigenvalue weighted by atomic mass is 32.2. The van der Waals surface area contributed by atoms with E-state index in [0.717, 1.165) is 12.4 Å². The maximum atomic E-state index is 4.24. The normalized spacial score (nSPS) is 11.5. The Morgan fingerprint density at radius 3 is 2.57 bits per heavy atom. The fourth-order valence-electron chi connectivity index (χ4n) is 1.01. The van der Waals surface area contributed by atoms with E-state index in [0.29, 0.717) is 0 Å². The van der Waals surface area contributed by atoms with Crippen LogP contribution in [0, 0.1) is 6.92 Å². The van der Waals surface area contributed by atoms with Crippen molar-refractivity contribution in [3.63, 3.8) is 0 Å². The monoisotopic (exact) mass is 208 g/mol. The SMILES string of the molecule is CCN=C(C)NSc1ccc(C)cc1. The summed E-state index contributed by atoms with van der Waals surface area (Å²) in [5.74, 6) is 0.970. The molecule has 0 atom stereocenters. The molecule has 0 heterocycles. The van der Waals surface area contributed by atoms with Crippen molar-refractivity contribution in [2.75, 3.05) is 6.54 Å². The molecule has 3 heteroatoms. The molecule has 0 aromatic heterocycles. The fraction of sp³-hybridized carbons (Fsp3) is 0.364. The second-order valence-corrected chi connectivity index (χ2v) is 3.96. The largest absolute Gasteiger partial charge is 0.314 e. The van der Waals surface area contributed by atoms with Crippen LogP contribution in [0.3, 0.4) is 0 Å². The van der Waals surface area contributed by atoms with Crippen LogP contribution in [0.25, 0.3) is 0 Å². The van der Waals surface area contributed by atoms with Crippen LogP contribution in [0.4, 0.5) is 0 Å². The van der Waals surface area contributed by atoms with Gasteiger partial charge < -0.3 is 4.72 Å². The van der Waals surface area contributed by atoms with Crippen LogP contribution in [0.2, 0.25) is 0 Å². The maximum absolute atomic E-state index is 4.24. The molecule has 0 bridgehead atoms. The molecule has 76 valence electrons. The molecule has 1 rings (SSSR count). The number of hydrogen-bond donors (Lipinski definition) is 1. The van der Waals surface area contributed by atoms with Crippen LogP contribution < -0.4 is 4.72 Å². The first-order valence-electron chi connectivity index (χ1n) is 4.73. The molecule has 2 nitrogen and oxygen atoms in total. The van der Waals surface area contributed by atoms with Crippen molar-refractivity contribution in [1.82, 2.24) is 4.72 Å². The van der Waals surface area contributed by atoms with E-state index >= 15 is 0 Å². The maximum Gasteiger partial charge on any atom is 0.103 e. The third-order valence-electron chi connectivity index (χ3n) is 1.73. The Balaban J connectivity index is 2.46. The zero-order valence-electron chi connectivity index (χ0n) is 8.87. The minimum atomic E-state index is 0.827. The van der Waals surface area contributed by atoms with Crippen LogP contribution in [0.15, 0.2) is 34.2 Å². The van der Waals surface area contributed by atoms with Gasteiger partial charge in [-0.25, -0.2) is 0 Å². The standard InChI is InChI=1S/C11H16N2S/c1-4-12-10(3)13-14-11-7-5-9(2)6-8-11/h5-8H,4H2,1-3H3,(H,12,13). The Morgan fingerprint density at radius 2 is 2.00 bits per heavy atom. The minimum absolute atomic E-state index is 0.827. The van der Waals surface area contributed by atoms with Crippen molar-refractivity contribution < 1.29 is 0 Å². The van der Waals surface area contributed by atoms with Crippen molar-refractivity contribution in [3.8, 4) is 0 Å². The Hall–Kier alpha value is -0.960. The van der Waals surface area contributed by atoms with Gasteiger partial charge >= 0.3 is 0 Å². The Bertz CT molecular complexity index is 304. The van der Waals surface area contributed by atoms with Crippen molar-refractivity contribution in [3.05, 3.63) is 29.8 Å². The van der Waals surface area contributed by atoms with Gasteiger partial charge in [0.25, 0.3) is 0 Å². The molecule has 0 saturated carbocycles. The molecule has 0 aliphatic carbocycles. The van der Waals surface area contributed by atoms with Gasteiger partial charge in [-0.3, -0.25) is 4.99 Å². The summed E-state index contributed by atoms with van der Waals surface area (Å²) in [6, 6.07) is 8.42. The molecular weight excluding hydrogens is 192 g/mol. The van der Waals surface area contributed by atoms with Crippen LogP contribution in [-0.4, -0.2) is 12.4 Å². The lowest BCUT2D eigenvalue weighted by Gasteiger charge is -2.04. The van der Waals surface area contributed by atoms with Gasteiger partial charge in [0.05, 0.1) is 0 Å². The van der Waals surface area contributed by atoms with Gasteiger partial charge in [-0.2, -0.15) is 0 Å². The topological polar surface area (TPSA) is 24.4 Å². The predicted molar refractivity (Wildman–Crippen MR) is 63.8 cm³/mol. The lowest BCUT2D eigenvalue weighted by atomic mass is 10.2. The van der Waals surface area contributed by atoms with Gasteiger partial charge in [0.1, 0.15) is 5.84 Å². The average molecular weight is 208 g/mol. The highest BCUT2D eigenvalue weighted by Gasteiger charge is 1.93. The summed E-state index contributed by atoms with van der Waals surface area (Å²) < 4.78 is 3.19. The summed E-state index contributed by atoms with van der Waals surface area (Å²) in [6.07, 6.45) is 0. The smallest absolute Gasteiger partial charge is 0.103 e. The van der Waals surface area contributed by atoms with Crippen molar-refractivity contribution >= 4 is 17.8 Å². The number of aryl methyl sites for hydroxylation is 1. The van der Waals surface area contributed by atoms with Crippen LogP contribution in [0.1, 0.15) is 19.4 Å². The van der Waals surface area contributed by atoms with Gasteiger partial charge in [0.15, 0.2) is 0 Å². The molecule has 0 aliphatic rings. The highest BCUT2D eigenvalue weighted by molar-refractivity contribution is 7.98. The molecule has 0 saturated heterocycles. The van der Waals surface area contributed by atoms with Crippen molar-refractivity contribution in [2.24, 2.45) is 4.99 Å². The summed E-state index contributed by atoms with van der Waals surface area (Å²) in [5, 5.41) is 0. The van der Waals surface area contributed by atoms with E-state index < -0.39 is 0 Å². The molecule has 1 N–H and O–H groups in total. The second kappa shape index (κ2) is 5.70. The number of nitrogens with zero attached hydrogens (tertiary/aromatic N) is 1. The fourth-order valence-corrected chi connectivity index (χ4v) is 1.61. The van der Waals surface area contributed by atoms with Gasteiger partial charge in [-0.05, 0) is 44.9 Å². The molecular formula is C11H16N2S. The summed E-state index contributed by atoms with van der Waals surface area (Å²) >= 11 is 1.60. The van der Waals surface area contributed by atoms with Crippen LogP contribution in [-0.2, 0) is 0 Å². The summed E-state index contributed by atoms with van der Waals surface area (Å²) in [4.78, 5) is 5.45. The summed E-state index contributed by atoms with van der Waals surface area (Å²) in [7, 11) is 0. The van der Waals surface area contributed by atoms with Crippen LogP contribution >= 0.6 is 11.9 Å². The lowest BCUT2D eigenvalue weighted by molar-refractivity contribution is 1.11. The van der Waals surface area contributed by atoms with E-state index in [1.54, 1.807) is 11.9 Å². The molecule has 1 aromatic carbocycles. The number of rotatable bonds is 3. The van der Waals surface area contributed by atoms with E-state index in [2.05, 4.69) is 40.9 Å². The summed E-state index contributed by atoms with van der Waals surface area (Å²) in [5.41, 5.74) is 1.29. The van der Waals surface area contributed by atoms with Gasteiger partial charge in [0.2, 0.25) is 0 Å². The Labute approximate surface area is 90.0 Å². The van der Waals surface area contributed by atoms with E-state index in [4.69, 9.17) is 0 Å². The number of hydrogen-bond acceptors (Lipinski definition) is 2. The van der Waals surface area contributed by atoms with E-state index in [1.807, 2.05) is 13.8 Å². The zero-order valence-corrected chi connectivity index (χ0v) is 9.69. The molecule has 0 spiro atoms. The Kier molecular flexibility index (Phi) is 4.53. The van der Waals surface area contributed by atoms with Gasteiger partial charge in [0, 0.05) is 11.4 Å². The molecule has 0 radical (unpaired) electrons. The van der Waals surface area contributed by atoms with Gasteiger partial charge in [-0.15, -0.1) is 0 Å². The third kappa shape index (κ3) is 3.83. The predicted octanol–water partition coefficient (Wildman–Crippen LogP) is 3.03. The molecule has 0 unspecified atom stereocenters. The summed E-state index contributed by atoms with van der Waals surface area (Å²) in [6.45, 7) is 6.92. The first-order valence-corrected chi connectivity index (χ1v) is 5.54. The van der Waals surface area contributed by atoms with Crippen LogP contribution in [0.5, 0.6) is 0 Å². The molecule has 0 fully saturated rings. The lowest BCUT2D eigenvalue weighted by Crippen LogP contribution is -2.11. The third-order valence-corrected chi connectivity index (χ3v) is 2.64. The van der Waals surface area contributed by atoms with Crippen molar-refractivity contribution in [1.29, 1.82) is 0 Å². The quantitative estimate of drug-likeness (QED) is 0.469. The molecule has 0 amide bonds. The number of nitrogens with one attached hydrogen (secondary N) is 1. The molecule has 0 aliphatic heterocycles. The minimum Gasteiger partial charge on any atom is -0.314 e. The number of aliphatic imine (C=N–C) groups is 1. The van der Waals surface area contributed by atoms with Gasteiger partial charge in [-0.1, -0.05) is 17.7 Å². The number of benzene rings is 1. The molecule has 14 heavy (non-hydrogen) atoms. The Morgan fingerprint density at radius 1 is 1.36 bits per heavy atom. The highest BCUT2D eigenvalue weighted by Crippen LogP contribution is 2.14. The number of amidine groups is 1. The van der Waals surface area contributed by atoms with Crippen molar-refractivity contribution in [2.45, 2.75) is 25.7 Å². The first kappa shape index (κ1) is 11.1. The average Bonchev–Trinajstić information content (AvgIpc) is 2.17. The van der Waals surface area contributed by atoms with E-state index in [-0.39, 0.29) is 0 Å².